The van der Waals surface area contributed by atoms with Crippen LogP contribution < -0.4 is 14.5 Å². The molecule has 1 fully saturated rings. The van der Waals surface area contributed by atoms with Crippen LogP contribution in [0.4, 0.5) is 5.69 Å². The molecule has 2 heterocycles. The topological polar surface area (TPSA) is 49.8 Å². The first kappa shape index (κ1) is 20.3. The van der Waals surface area contributed by atoms with Crippen LogP contribution in [-0.4, -0.2) is 44.1 Å². The quantitative estimate of drug-likeness (QED) is 0.464. The molecule has 0 unspecified atom stereocenters. The molecule has 1 aromatic heterocycles. The number of quaternary nitrogens is 1. The normalized spacial score (nSPS) is 15.6. The van der Waals surface area contributed by atoms with E-state index in [2.05, 4.69) is 34.1 Å². The zero-order valence-electron chi connectivity index (χ0n) is 18.3. The number of nitrogens with zero attached hydrogens (tertiary/aromatic N) is 1. The number of carbonyl (C=O) groups excluding carboxylic acids is 1. The highest BCUT2D eigenvalue weighted by molar-refractivity contribution is 6.10. The van der Waals surface area contributed by atoms with Crippen LogP contribution in [0.1, 0.15) is 22.0 Å². The summed E-state index contributed by atoms with van der Waals surface area (Å²) in [4.78, 5) is 20.8. The van der Waals surface area contributed by atoms with Crippen molar-refractivity contribution in [3.8, 4) is 5.75 Å². The summed E-state index contributed by atoms with van der Waals surface area (Å²) in [5.74, 6) is 1.05. The number of methoxy groups -OCH3 is 1. The zero-order chi connectivity index (χ0) is 21.9. The van der Waals surface area contributed by atoms with Gasteiger partial charge in [-0.05, 0) is 18.2 Å². The van der Waals surface area contributed by atoms with Crippen molar-refractivity contribution in [2.45, 2.75) is 6.04 Å². The van der Waals surface area contributed by atoms with Gasteiger partial charge in [-0.1, -0.05) is 54.6 Å². The number of benzene rings is 3. The number of anilines is 1. The maximum absolute atomic E-state index is 13.9. The van der Waals surface area contributed by atoms with Gasteiger partial charge < -0.3 is 19.5 Å². The Morgan fingerprint density at radius 3 is 2.50 bits per heavy atom. The Morgan fingerprint density at radius 2 is 1.72 bits per heavy atom. The number of carbonyl (C=O) groups is 1. The van der Waals surface area contributed by atoms with Crippen molar-refractivity contribution in [3.05, 3.63) is 96.2 Å². The molecule has 4 aromatic rings. The molecule has 0 radical (unpaired) electrons. The van der Waals surface area contributed by atoms with Gasteiger partial charge in [-0.15, -0.1) is 0 Å². The molecule has 0 aliphatic carbocycles. The number of aromatic amines is 1. The predicted molar refractivity (Wildman–Crippen MR) is 128 cm³/mol. The zero-order valence-corrected chi connectivity index (χ0v) is 18.3. The average molecular weight is 427 g/mol. The maximum atomic E-state index is 13.9. The van der Waals surface area contributed by atoms with Crippen molar-refractivity contribution in [3.63, 3.8) is 0 Å². The minimum Gasteiger partial charge on any atom is -0.497 e. The minimum absolute atomic E-state index is 0.179. The van der Waals surface area contributed by atoms with Crippen LogP contribution in [0.25, 0.3) is 10.9 Å². The van der Waals surface area contributed by atoms with Crippen LogP contribution >= 0.6 is 0 Å². The van der Waals surface area contributed by atoms with Crippen molar-refractivity contribution >= 4 is 22.4 Å². The Bertz CT molecular complexity index is 1210. The lowest BCUT2D eigenvalue weighted by atomic mass is 9.95. The molecule has 1 aliphatic rings. The SMILES string of the molecule is COc1cccc(N2CC[NH+]([C@H](C(=O)c3c[nH]c4ccccc34)c3ccccc3)CC2)c1. The first-order chi connectivity index (χ1) is 15.7. The molecule has 0 spiro atoms. The Balaban J connectivity index is 1.42. The molecule has 0 amide bonds. The lowest BCUT2D eigenvalue weighted by Crippen LogP contribution is -3.15. The smallest absolute Gasteiger partial charge is 0.226 e. The fourth-order valence-corrected chi connectivity index (χ4v) is 4.80. The number of piperazine rings is 1. The van der Waals surface area contributed by atoms with E-state index < -0.39 is 0 Å². The monoisotopic (exact) mass is 426 g/mol. The molecular weight excluding hydrogens is 398 g/mol. The molecular formula is C27H28N3O2+. The average Bonchev–Trinajstić information content (AvgIpc) is 3.30. The first-order valence-corrected chi connectivity index (χ1v) is 11.1. The molecule has 0 bridgehead atoms. The van der Waals surface area contributed by atoms with Gasteiger partial charge in [-0.25, -0.2) is 0 Å². The molecule has 2 N–H and O–H groups in total. The van der Waals surface area contributed by atoms with E-state index in [4.69, 9.17) is 4.74 Å². The van der Waals surface area contributed by atoms with Crippen LogP contribution in [0.15, 0.2) is 85.1 Å². The lowest BCUT2D eigenvalue weighted by Gasteiger charge is -2.37. The second-order valence-corrected chi connectivity index (χ2v) is 8.30. The van der Waals surface area contributed by atoms with Gasteiger partial charge in [0.1, 0.15) is 5.75 Å². The van der Waals surface area contributed by atoms with E-state index in [0.717, 1.165) is 54.0 Å². The Hall–Kier alpha value is -3.57. The van der Waals surface area contributed by atoms with Gasteiger partial charge >= 0.3 is 0 Å². The molecule has 1 saturated heterocycles. The highest BCUT2D eigenvalue weighted by atomic mass is 16.5. The number of ether oxygens (including phenoxy) is 1. The van der Waals surface area contributed by atoms with Crippen LogP contribution in [0, 0.1) is 0 Å². The van der Waals surface area contributed by atoms with Crippen LogP contribution in [0.2, 0.25) is 0 Å². The fraction of sp³-hybridized carbons (Fsp3) is 0.222. The van der Waals surface area contributed by atoms with Gasteiger partial charge in [0.05, 0.1) is 33.3 Å². The van der Waals surface area contributed by atoms with Crippen LogP contribution in [-0.2, 0) is 0 Å². The van der Waals surface area contributed by atoms with E-state index in [0.29, 0.717) is 0 Å². The van der Waals surface area contributed by atoms with Gasteiger partial charge in [-0.2, -0.15) is 0 Å². The summed E-state index contributed by atoms with van der Waals surface area (Å²) in [6.07, 6.45) is 1.87. The third-order valence-corrected chi connectivity index (χ3v) is 6.48. The summed E-state index contributed by atoms with van der Waals surface area (Å²) < 4.78 is 5.39. The van der Waals surface area contributed by atoms with E-state index in [1.807, 2.05) is 60.8 Å². The lowest BCUT2D eigenvalue weighted by molar-refractivity contribution is -0.921. The van der Waals surface area contributed by atoms with Gasteiger partial charge in [0.15, 0.2) is 6.04 Å². The Morgan fingerprint density at radius 1 is 0.969 bits per heavy atom. The van der Waals surface area contributed by atoms with Gasteiger partial charge in [0.25, 0.3) is 0 Å². The summed E-state index contributed by atoms with van der Waals surface area (Å²) in [7, 11) is 1.70. The van der Waals surface area contributed by atoms with Crippen molar-refractivity contribution in [2.75, 3.05) is 38.2 Å². The van der Waals surface area contributed by atoms with Gasteiger partial charge in [-0.3, -0.25) is 4.79 Å². The van der Waals surface area contributed by atoms with E-state index >= 15 is 0 Å². The van der Waals surface area contributed by atoms with E-state index in [9.17, 15) is 4.79 Å². The standard InChI is InChI=1S/C27H27N3O2/c1-32-22-11-7-10-21(18-22)29-14-16-30(17-15-29)26(20-8-3-2-4-9-20)27(31)24-19-28-25-13-6-5-12-23(24)25/h2-13,18-19,26,28H,14-17H2,1H3/p+1/t26-/m0/s1. The minimum atomic E-state index is -0.220. The van der Waals surface area contributed by atoms with Crippen molar-refractivity contribution < 1.29 is 14.4 Å². The number of ketones is 1. The summed E-state index contributed by atoms with van der Waals surface area (Å²) in [5, 5.41) is 0.993. The Kier molecular flexibility index (Phi) is 5.65. The van der Waals surface area contributed by atoms with Gasteiger partial charge in [0, 0.05) is 40.0 Å². The highest BCUT2D eigenvalue weighted by Crippen LogP contribution is 2.24. The van der Waals surface area contributed by atoms with Gasteiger partial charge in [0.2, 0.25) is 5.78 Å². The molecule has 162 valence electrons. The van der Waals surface area contributed by atoms with E-state index in [-0.39, 0.29) is 11.8 Å². The molecule has 5 heteroatoms. The summed E-state index contributed by atoms with van der Waals surface area (Å²) in [5.41, 5.74) is 4.02. The van der Waals surface area contributed by atoms with Crippen molar-refractivity contribution in [2.24, 2.45) is 0 Å². The van der Waals surface area contributed by atoms with Crippen LogP contribution in [0.5, 0.6) is 5.75 Å². The van der Waals surface area contributed by atoms with Crippen molar-refractivity contribution in [1.29, 1.82) is 0 Å². The third kappa shape index (κ3) is 3.87. The second kappa shape index (κ2) is 8.89. The Labute approximate surface area is 188 Å². The number of hydrogen-bond acceptors (Lipinski definition) is 3. The van der Waals surface area contributed by atoms with Crippen molar-refractivity contribution in [1.82, 2.24) is 4.98 Å². The first-order valence-electron chi connectivity index (χ1n) is 11.1. The summed E-state index contributed by atoms with van der Waals surface area (Å²) in [6.45, 7) is 3.58. The summed E-state index contributed by atoms with van der Waals surface area (Å²) in [6, 6.07) is 26.2. The number of hydrogen-bond donors (Lipinski definition) is 2. The number of rotatable bonds is 6. The molecule has 1 atom stereocenters. The fourth-order valence-electron chi connectivity index (χ4n) is 4.80. The maximum Gasteiger partial charge on any atom is 0.226 e. The molecule has 1 aliphatic heterocycles. The number of fused-ring (bicyclic) bond motifs is 1. The number of para-hydroxylation sites is 1. The third-order valence-electron chi connectivity index (χ3n) is 6.48. The molecule has 5 rings (SSSR count). The highest BCUT2D eigenvalue weighted by Gasteiger charge is 2.35. The predicted octanol–water partition coefficient (Wildman–Crippen LogP) is 3.51. The number of nitrogens with one attached hydrogen (secondary N) is 2. The van der Waals surface area contributed by atoms with Crippen LogP contribution in [0.3, 0.4) is 0 Å². The molecule has 5 nitrogen and oxygen atoms in total. The number of H-pyrrole nitrogens is 1. The number of aromatic nitrogens is 1. The molecule has 32 heavy (non-hydrogen) atoms. The second-order valence-electron chi connectivity index (χ2n) is 8.30. The number of Topliss-reactive ketones (excluding diaryl/α,β-unsaturated/α-hetero) is 1. The van der Waals surface area contributed by atoms with E-state index in [1.165, 1.54) is 10.6 Å². The molecule has 0 saturated carbocycles. The van der Waals surface area contributed by atoms with E-state index in [1.54, 1.807) is 7.11 Å². The summed E-state index contributed by atoms with van der Waals surface area (Å²) >= 11 is 0. The molecule has 3 aromatic carbocycles. The largest absolute Gasteiger partial charge is 0.497 e.